The Morgan fingerprint density at radius 1 is 1.47 bits per heavy atom. The number of rotatable bonds is 2. The van der Waals surface area contributed by atoms with Gasteiger partial charge in [-0.3, -0.25) is 0 Å². The van der Waals surface area contributed by atoms with Gasteiger partial charge >= 0.3 is 0 Å². The monoisotopic (exact) mass is 258 g/mol. The van der Waals surface area contributed by atoms with Gasteiger partial charge in [-0.15, -0.1) is 0 Å². The van der Waals surface area contributed by atoms with Crippen molar-refractivity contribution < 1.29 is 12.8 Å². The van der Waals surface area contributed by atoms with E-state index in [2.05, 4.69) is 5.32 Å². The number of anilines is 2. The number of sulfone groups is 1. The Balaban J connectivity index is 2.22. The zero-order valence-corrected chi connectivity index (χ0v) is 10.3. The van der Waals surface area contributed by atoms with E-state index in [0.29, 0.717) is 12.1 Å². The number of nitrogens with one attached hydrogen (secondary N) is 1. The summed E-state index contributed by atoms with van der Waals surface area (Å²) in [5, 5.41) is 3.10. The van der Waals surface area contributed by atoms with Crippen LogP contribution in [0.5, 0.6) is 0 Å². The molecule has 0 aromatic heterocycles. The lowest BCUT2D eigenvalue weighted by Crippen LogP contribution is -2.36. The van der Waals surface area contributed by atoms with Gasteiger partial charge in [0.05, 0.1) is 22.9 Å². The zero-order chi connectivity index (χ0) is 12.7. The Morgan fingerprint density at radius 3 is 2.71 bits per heavy atom. The maximum absolute atomic E-state index is 12.9. The maximum atomic E-state index is 12.9. The molecule has 0 amide bonds. The van der Waals surface area contributed by atoms with Gasteiger partial charge in [-0.1, -0.05) is 0 Å². The maximum Gasteiger partial charge on any atom is 0.152 e. The minimum Gasteiger partial charge on any atom is -0.397 e. The quantitative estimate of drug-likeness (QED) is 0.786. The average molecular weight is 258 g/mol. The molecule has 1 aliphatic heterocycles. The van der Waals surface area contributed by atoms with Gasteiger partial charge in [0.1, 0.15) is 5.82 Å². The molecule has 1 aromatic rings. The Morgan fingerprint density at radius 2 is 2.18 bits per heavy atom. The Hall–Kier alpha value is -1.30. The van der Waals surface area contributed by atoms with Crippen molar-refractivity contribution in [2.75, 3.05) is 22.6 Å². The van der Waals surface area contributed by atoms with Gasteiger partial charge in [0.25, 0.3) is 0 Å². The highest BCUT2D eigenvalue weighted by Crippen LogP contribution is 2.30. The third kappa shape index (κ3) is 2.69. The summed E-state index contributed by atoms with van der Waals surface area (Å²) in [6.07, 6.45) is 0.534. The van der Waals surface area contributed by atoms with Crippen LogP contribution >= 0.6 is 0 Å². The third-order valence-corrected chi connectivity index (χ3v) is 4.86. The molecule has 1 heterocycles. The van der Waals surface area contributed by atoms with E-state index < -0.39 is 21.2 Å². The lowest BCUT2D eigenvalue weighted by Gasteiger charge is -2.26. The summed E-state index contributed by atoms with van der Waals surface area (Å²) in [4.78, 5) is 0. The van der Waals surface area contributed by atoms with E-state index in [0.717, 1.165) is 0 Å². The molecular weight excluding hydrogens is 243 g/mol. The first kappa shape index (κ1) is 12.2. The first-order chi connectivity index (χ1) is 7.80. The predicted molar refractivity (Wildman–Crippen MR) is 66.1 cm³/mol. The van der Waals surface area contributed by atoms with Crippen LogP contribution in [0.1, 0.15) is 13.3 Å². The third-order valence-electron chi connectivity index (χ3n) is 2.95. The van der Waals surface area contributed by atoms with Crippen molar-refractivity contribution in [1.82, 2.24) is 0 Å². The molecule has 0 aliphatic carbocycles. The molecular formula is C11H15FN2O2S. The summed E-state index contributed by atoms with van der Waals surface area (Å²) >= 11 is 0. The number of nitrogen functional groups attached to an aromatic ring is 1. The van der Waals surface area contributed by atoms with Crippen LogP contribution in [0, 0.1) is 5.82 Å². The fraction of sp³-hybridized carbons (Fsp3) is 0.455. The van der Waals surface area contributed by atoms with Crippen LogP contribution < -0.4 is 11.1 Å². The first-order valence-electron chi connectivity index (χ1n) is 5.33. The van der Waals surface area contributed by atoms with Crippen molar-refractivity contribution in [2.45, 2.75) is 18.9 Å². The van der Waals surface area contributed by atoms with Crippen LogP contribution in [0.3, 0.4) is 0 Å². The molecule has 17 heavy (non-hydrogen) atoms. The molecule has 0 bridgehead atoms. The molecule has 4 nitrogen and oxygen atoms in total. The summed E-state index contributed by atoms with van der Waals surface area (Å²) in [5.41, 5.74) is 6.01. The molecule has 6 heteroatoms. The van der Waals surface area contributed by atoms with Crippen molar-refractivity contribution >= 4 is 21.2 Å². The smallest absolute Gasteiger partial charge is 0.152 e. The first-order valence-corrected chi connectivity index (χ1v) is 7.15. The van der Waals surface area contributed by atoms with E-state index in [1.807, 2.05) is 6.92 Å². The molecule has 1 saturated heterocycles. The van der Waals surface area contributed by atoms with E-state index in [1.165, 1.54) is 18.2 Å². The molecule has 94 valence electrons. The molecule has 1 fully saturated rings. The zero-order valence-electron chi connectivity index (χ0n) is 9.53. The summed E-state index contributed by atoms with van der Waals surface area (Å²) < 4.78 is 35.8. The van der Waals surface area contributed by atoms with Crippen LogP contribution in [0.4, 0.5) is 15.8 Å². The van der Waals surface area contributed by atoms with Crippen molar-refractivity contribution in [3.63, 3.8) is 0 Å². The summed E-state index contributed by atoms with van der Waals surface area (Å²) in [5.74, 6) is -0.147. The van der Waals surface area contributed by atoms with Crippen molar-refractivity contribution in [3.8, 4) is 0 Å². The second-order valence-corrected chi connectivity index (χ2v) is 6.94. The second-order valence-electron chi connectivity index (χ2n) is 4.76. The Bertz CT molecular complexity index is 544. The van der Waals surface area contributed by atoms with Gasteiger partial charge in [-0.25, -0.2) is 12.8 Å². The van der Waals surface area contributed by atoms with Crippen LogP contribution in [0.2, 0.25) is 0 Å². The van der Waals surface area contributed by atoms with E-state index >= 15 is 0 Å². The van der Waals surface area contributed by atoms with Crippen LogP contribution in [0.15, 0.2) is 18.2 Å². The number of benzene rings is 1. The molecule has 2 rings (SSSR count). The van der Waals surface area contributed by atoms with Crippen LogP contribution in [-0.2, 0) is 9.84 Å². The van der Waals surface area contributed by atoms with Gasteiger partial charge < -0.3 is 11.1 Å². The fourth-order valence-electron chi connectivity index (χ4n) is 2.08. The molecule has 3 N–H and O–H groups in total. The SMILES string of the molecule is CC1(Nc2ccc(F)cc2N)CCS(=O)(=O)C1. The highest BCUT2D eigenvalue weighted by molar-refractivity contribution is 7.91. The minimum atomic E-state index is -2.97. The highest BCUT2D eigenvalue weighted by atomic mass is 32.2. The number of nitrogens with two attached hydrogens (primary N) is 1. The normalized spacial score (nSPS) is 26.9. The van der Waals surface area contributed by atoms with E-state index in [1.54, 1.807) is 0 Å². The lowest BCUT2D eigenvalue weighted by atomic mass is 10.0. The van der Waals surface area contributed by atoms with Gasteiger partial charge in [0.2, 0.25) is 0 Å². The van der Waals surface area contributed by atoms with Gasteiger partial charge in [-0.2, -0.15) is 0 Å². The van der Waals surface area contributed by atoms with E-state index in [4.69, 9.17) is 5.73 Å². The summed E-state index contributed by atoms with van der Waals surface area (Å²) in [6.45, 7) is 1.83. The number of hydrogen-bond acceptors (Lipinski definition) is 4. The Kier molecular flexibility index (Phi) is 2.77. The highest BCUT2D eigenvalue weighted by Gasteiger charge is 2.38. The van der Waals surface area contributed by atoms with E-state index in [-0.39, 0.29) is 17.2 Å². The van der Waals surface area contributed by atoms with Crippen molar-refractivity contribution in [3.05, 3.63) is 24.0 Å². The standard InChI is InChI=1S/C11H15FN2O2S/c1-11(4-5-17(15,16)7-11)14-10-3-2-8(12)6-9(10)13/h2-3,6,14H,4-5,7,13H2,1H3. The average Bonchev–Trinajstić information content (AvgIpc) is 2.46. The van der Waals surface area contributed by atoms with Crippen molar-refractivity contribution in [1.29, 1.82) is 0 Å². The lowest BCUT2D eigenvalue weighted by molar-refractivity contribution is 0.573. The van der Waals surface area contributed by atoms with Crippen molar-refractivity contribution in [2.24, 2.45) is 0 Å². The van der Waals surface area contributed by atoms with Gasteiger partial charge in [0, 0.05) is 5.54 Å². The predicted octanol–water partition coefficient (Wildman–Crippen LogP) is 1.40. The van der Waals surface area contributed by atoms with E-state index in [9.17, 15) is 12.8 Å². The molecule has 0 radical (unpaired) electrons. The molecule has 0 saturated carbocycles. The number of hydrogen-bond donors (Lipinski definition) is 2. The second kappa shape index (κ2) is 3.87. The fourth-order valence-corrected chi connectivity index (χ4v) is 4.17. The summed E-state index contributed by atoms with van der Waals surface area (Å²) in [6, 6.07) is 4.04. The molecule has 1 aliphatic rings. The molecule has 1 atom stereocenters. The van der Waals surface area contributed by atoms with Crippen LogP contribution in [0.25, 0.3) is 0 Å². The number of halogens is 1. The molecule has 1 unspecified atom stereocenters. The van der Waals surface area contributed by atoms with Gasteiger partial charge in [-0.05, 0) is 31.5 Å². The summed E-state index contributed by atoms with van der Waals surface area (Å²) in [7, 11) is -2.97. The molecule has 0 spiro atoms. The minimum absolute atomic E-state index is 0.0802. The Labute approximate surface area is 99.9 Å². The topological polar surface area (TPSA) is 72.2 Å². The molecule has 1 aromatic carbocycles. The van der Waals surface area contributed by atoms with Crippen LogP contribution in [-0.4, -0.2) is 25.5 Å². The van der Waals surface area contributed by atoms with Gasteiger partial charge in [0.15, 0.2) is 9.84 Å². The largest absolute Gasteiger partial charge is 0.397 e.